The summed E-state index contributed by atoms with van der Waals surface area (Å²) in [5.41, 5.74) is 0.399. The lowest BCUT2D eigenvalue weighted by molar-refractivity contribution is -0.147. The van der Waals surface area contributed by atoms with Crippen molar-refractivity contribution in [3.8, 4) is 0 Å². The van der Waals surface area contributed by atoms with E-state index in [0.717, 1.165) is 4.90 Å². The summed E-state index contributed by atoms with van der Waals surface area (Å²) in [6.45, 7) is 1.11. The molecule has 29 heavy (non-hydrogen) atoms. The number of carbonyl (C=O) groups excluding carboxylic acids is 4. The Labute approximate surface area is 167 Å². The van der Waals surface area contributed by atoms with Crippen LogP contribution in [-0.2, 0) is 14.4 Å². The second kappa shape index (κ2) is 7.77. The van der Waals surface area contributed by atoms with Gasteiger partial charge in [0.25, 0.3) is 5.91 Å². The molecule has 8 heteroatoms. The smallest absolute Gasteiger partial charge is 0.253 e. The fourth-order valence-corrected chi connectivity index (χ4v) is 4.19. The van der Waals surface area contributed by atoms with Gasteiger partial charge in [0.15, 0.2) is 0 Å². The average Bonchev–Trinajstić information content (AvgIpc) is 2.99. The van der Waals surface area contributed by atoms with Crippen LogP contribution in [0.3, 0.4) is 0 Å². The summed E-state index contributed by atoms with van der Waals surface area (Å²) in [6.07, 6.45) is 4.91. The Kier molecular flexibility index (Phi) is 5.17. The lowest BCUT2D eigenvalue weighted by Gasteiger charge is -2.35. The molecule has 2 aliphatic heterocycles. The summed E-state index contributed by atoms with van der Waals surface area (Å²) >= 11 is 0. The third kappa shape index (κ3) is 3.66. The monoisotopic (exact) mass is 399 g/mol. The Hall–Kier alpha value is -3.03. The Balaban J connectivity index is 1.32. The quantitative estimate of drug-likeness (QED) is 0.563. The van der Waals surface area contributed by atoms with Crippen molar-refractivity contribution >= 4 is 23.6 Å². The number of amides is 4. The molecule has 0 aromatic heterocycles. The molecule has 152 valence electrons. The van der Waals surface area contributed by atoms with Gasteiger partial charge in [-0.2, -0.15) is 0 Å². The molecule has 4 rings (SSSR count). The van der Waals surface area contributed by atoms with Gasteiger partial charge < -0.3 is 9.80 Å². The molecule has 1 aliphatic carbocycles. The molecular formula is C21H22FN3O4. The van der Waals surface area contributed by atoms with Crippen molar-refractivity contribution in [1.82, 2.24) is 14.7 Å². The minimum absolute atomic E-state index is 0.210. The summed E-state index contributed by atoms with van der Waals surface area (Å²) in [5, 5.41) is 0. The molecule has 0 N–H and O–H groups in total. The second-order valence-electron chi connectivity index (χ2n) is 7.60. The first-order chi connectivity index (χ1) is 14.0. The lowest BCUT2D eigenvalue weighted by Crippen LogP contribution is -2.53. The predicted molar refractivity (Wildman–Crippen MR) is 101 cm³/mol. The van der Waals surface area contributed by atoms with E-state index in [1.54, 1.807) is 9.80 Å². The molecule has 2 atom stereocenters. The first kappa shape index (κ1) is 19.3. The van der Waals surface area contributed by atoms with E-state index in [0.29, 0.717) is 44.6 Å². The van der Waals surface area contributed by atoms with Gasteiger partial charge in [-0.05, 0) is 37.1 Å². The van der Waals surface area contributed by atoms with Crippen molar-refractivity contribution in [2.75, 3.05) is 32.7 Å². The SMILES string of the molecule is O=C(CN1C(=O)C2CC=CCC2C1=O)N1CCN(C(=O)c2ccc(F)cc2)CC1. The molecule has 1 aromatic carbocycles. The Morgan fingerprint density at radius 3 is 1.93 bits per heavy atom. The van der Waals surface area contributed by atoms with Crippen LogP contribution in [0.5, 0.6) is 0 Å². The number of nitrogens with zero attached hydrogens (tertiary/aromatic N) is 3. The van der Waals surface area contributed by atoms with Gasteiger partial charge in [-0.1, -0.05) is 12.2 Å². The fraction of sp³-hybridized carbons (Fsp3) is 0.429. The number of benzene rings is 1. The van der Waals surface area contributed by atoms with Crippen LogP contribution in [0.1, 0.15) is 23.2 Å². The average molecular weight is 399 g/mol. The molecule has 7 nitrogen and oxygen atoms in total. The van der Waals surface area contributed by atoms with Crippen molar-refractivity contribution in [3.05, 3.63) is 47.8 Å². The van der Waals surface area contributed by atoms with Gasteiger partial charge in [0, 0.05) is 31.7 Å². The Morgan fingerprint density at radius 1 is 0.862 bits per heavy atom. The molecule has 4 amide bonds. The Bertz CT molecular complexity index is 848. The van der Waals surface area contributed by atoms with Crippen LogP contribution in [0.25, 0.3) is 0 Å². The number of halogens is 1. The third-order valence-corrected chi connectivity index (χ3v) is 5.90. The molecule has 0 saturated carbocycles. The van der Waals surface area contributed by atoms with Gasteiger partial charge >= 0.3 is 0 Å². The number of rotatable bonds is 3. The highest BCUT2D eigenvalue weighted by atomic mass is 19.1. The second-order valence-corrected chi connectivity index (χ2v) is 7.60. The van der Waals surface area contributed by atoms with E-state index >= 15 is 0 Å². The first-order valence-electron chi connectivity index (χ1n) is 9.78. The van der Waals surface area contributed by atoms with Crippen molar-refractivity contribution in [1.29, 1.82) is 0 Å². The maximum atomic E-state index is 13.0. The lowest BCUT2D eigenvalue weighted by atomic mass is 9.85. The molecule has 2 heterocycles. The highest BCUT2D eigenvalue weighted by Gasteiger charge is 2.48. The Morgan fingerprint density at radius 2 is 1.38 bits per heavy atom. The zero-order valence-corrected chi connectivity index (χ0v) is 15.9. The van der Waals surface area contributed by atoms with Crippen LogP contribution in [0.4, 0.5) is 4.39 Å². The van der Waals surface area contributed by atoms with Crippen molar-refractivity contribution in [3.63, 3.8) is 0 Å². The molecule has 0 bridgehead atoms. The molecule has 2 unspecified atom stereocenters. The molecule has 2 saturated heterocycles. The van der Waals surface area contributed by atoms with Crippen LogP contribution in [0.2, 0.25) is 0 Å². The maximum Gasteiger partial charge on any atom is 0.253 e. The van der Waals surface area contributed by atoms with E-state index < -0.39 is 5.82 Å². The van der Waals surface area contributed by atoms with Crippen LogP contribution < -0.4 is 0 Å². The largest absolute Gasteiger partial charge is 0.338 e. The topological polar surface area (TPSA) is 78.0 Å². The number of imide groups is 1. The van der Waals surface area contributed by atoms with Crippen molar-refractivity contribution in [2.45, 2.75) is 12.8 Å². The van der Waals surface area contributed by atoms with Gasteiger partial charge in [0.05, 0.1) is 11.8 Å². The number of carbonyl (C=O) groups is 4. The number of likely N-dealkylation sites (tertiary alicyclic amines) is 1. The van der Waals surface area contributed by atoms with Gasteiger partial charge in [0.2, 0.25) is 17.7 Å². The molecule has 0 radical (unpaired) electrons. The van der Waals surface area contributed by atoms with Crippen LogP contribution in [0.15, 0.2) is 36.4 Å². The third-order valence-electron chi connectivity index (χ3n) is 5.90. The van der Waals surface area contributed by atoms with Gasteiger partial charge in [-0.3, -0.25) is 24.1 Å². The van der Waals surface area contributed by atoms with Crippen LogP contribution in [-0.4, -0.2) is 71.1 Å². The van der Waals surface area contributed by atoms with Crippen LogP contribution >= 0.6 is 0 Å². The van der Waals surface area contributed by atoms with E-state index in [4.69, 9.17) is 0 Å². The minimum Gasteiger partial charge on any atom is -0.338 e. The number of allylic oxidation sites excluding steroid dienone is 2. The number of fused-ring (bicyclic) bond motifs is 1. The predicted octanol–water partition coefficient (Wildman–Crippen LogP) is 1.06. The summed E-state index contributed by atoms with van der Waals surface area (Å²) in [5.74, 6) is -2.11. The number of hydrogen-bond acceptors (Lipinski definition) is 4. The summed E-state index contributed by atoms with van der Waals surface area (Å²) in [7, 11) is 0. The van der Waals surface area contributed by atoms with E-state index in [1.165, 1.54) is 24.3 Å². The molecular weight excluding hydrogens is 377 g/mol. The maximum absolute atomic E-state index is 13.0. The molecule has 2 fully saturated rings. The van der Waals surface area contributed by atoms with E-state index in [9.17, 15) is 23.6 Å². The van der Waals surface area contributed by atoms with Crippen LogP contribution in [0, 0.1) is 17.7 Å². The highest BCUT2D eigenvalue weighted by molar-refractivity contribution is 6.07. The molecule has 0 spiro atoms. The van der Waals surface area contributed by atoms with Crippen molar-refractivity contribution < 1.29 is 23.6 Å². The normalized spacial score (nSPS) is 24.1. The van der Waals surface area contributed by atoms with Gasteiger partial charge in [-0.15, -0.1) is 0 Å². The summed E-state index contributed by atoms with van der Waals surface area (Å²) < 4.78 is 13.0. The number of hydrogen-bond donors (Lipinski definition) is 0. The molecule has 1 aromatic rings. The summed E-state index contributed by atoms with van der Waals surface area (Å²) in [6, 6.07) is 5.36. The zero-order valence-electron chi connectivity index (χ0n) is 15.9. The van der Waals surface area contributed by atoms with E-state index in [-0.39, 0.29) is 42.0 Å². The van der Waals surface area contributed by atoms with Gasteiger partial charge in [0.1, 0.15) is 12.4 Å². The fourth-order valence-electron chi connectivity index (χ4n) is 4.19. The minimum atomic E-state index is -0.404. The highest BCUT2D eigenvalue weighted by Crippen LogP contribution is 2.34. The van der Waals surface area contributed by atoms with Crippen molar-refractivity contribution in [2.24, 2.45) is 11.8 Å². The molecule has 3 aliphatic rings. The van der Waals surface area contributed by atoms with E-state index in [2.05, 4.69) is 0 Å². The first-order valence-corrected chi connectivity index (χ1v) is 9.78. The van der Waals surface area contributed by atoms with Gasteiger partial charge in [-0.25, -0.2) is 4.39 Å². The standard InChI is InChI=1S/C21H22FN3O4/c22-15-7-5-14(6-8-15)19(27)24-11-9-23(10-12-24)18(26)13-25-20(28)16-3-1-2-4-17(16)21(25)29/h1-2,5-8,16-17H,3-4,9-13H2. The summed E-state index contributed by atoms with van der Waals surface area (Å²) in [4.78, 5) is 54.5. The zero-order chi connectivity index (χ0) is 20.5. The van der Waals surface area contributed by atoms with E-state index in [1.807, 2.05) is 12.2 Å². The number of piperazine rings is 1.